The van der Waals surface area contributed by atoms with Crippen molar-refractivity contribution in [2.45, 2.75) is 13.5 Å². The number of carbonyl (C=O) groups excluding carboxylic acids is 2. The fourth-order valence-electron chi connectivity index (χ4n) is 3.23. The Morgan fingerprint density at radius 3 is 2.50 bits per heavy atom. The van der Waals surface area contributed by atoms with Crippen molar-refractivity contribution in [2.24, 2.45) is 0 Å². The van der Waals surface area contributed by atoms with E-state index in [1.807, 2.05) is 31.2 Å². The van der Waals surface area contributed by atoms with Crippen molar-refractivity contribution in [3.8, 4) is 5.69 Å². The van der Waals surface area contributed by atoms with Crippen molar-refractivity contribution in [2.75, 3.05) is 7.11 Å². The molecule has 30 heavy (non-hydrogen) atoms. The van der Waals surface area contributed by atoms with Crippen LogP contribution in [0.5, 0.6) is 0 Å². The van der Waals surface area contributed by atoms with Crippen LogP contribution in [0.4, 0.5) is 0 Å². The Hall–Kier alpha value is -4.07. The molecule has 0 saturated carbocycles. The van der Waals surface area contributed by atoms with Gasteiger partial charge in [-0.15, -0.1) is 0 Å². The zero-order valence-electron chi connectivity index (χ0n) is 16.4. The van der Waals surface area contributed by atoms with Crippen molar-refractivity contribution in [3.63, 3.8) is 0 Å². The number of hydrogen-bond acceptors (Lipinski definition) is 7. The van der Waals surface area contributed by atoms with E-state index in [4.69, 9.17) is 9.47 Å². The zero-order chi connectivity index (χ0) is 21.1. The van der Waals surface area contributed by atoms with Crippen LogP contribution >= 0.6 is 0 Å². The molecule has 0 aliphatic heterocycles. The van der Waals surface area contributed by atoms with Gasteiger partial charge in [0.25, 0.3) is 0 Å². The lowest BCUT2D eigenvalue weighted by molar-refractivity contribution is 0.0455. The minimum atomic E-state index is -0.524. The van der Waals surface area contributed by atoms with Gasteiger partial charge >= 0.3 is 11.9 Å². The standard InChI is InChI=1S/C22H18N4O4/c1-14-17-5-3-4-6-18(17)25-19(20(14)22(28)29-2)11-30-21(27)15-7-9-16(10-8-15)26-13-23-12-24-26/h3-10,12-13H,11H2,1-2H3. The van der Waals surface area contributed by atoms with E-state index in [0.29, 0.717) is 22.3 Å². The highest BCUT2D eigenvalue weighted by molar-refractivity contribution is 5.98. The molecule has 8 nitrogen and oxygen atoms in total. The molecule has 0 fully saturated rings. The van der Waals surface area contributed by atoms with Crippen LogP contribution in [0.2, 0.25) is 0 Å². The number of aryl methyl sites for hydroxylation is 1. The summed E-state index contributed by atoms with van der Waals surface area (Å²) in [4.78, 5) is 33.3. The Morgan fingerprint density at radius 1 is 1.03 bits per heavy atom. The Bertz CT molecular complexity index is 1220. The minimum absolute atomic E-state index is 0.153. The average Bonchev–Trinajstić information content (AvgIpc) is 3.32. The molecule has 0 aliphatic carbocycles. The first-order chi connectivity index (χ1) is 14.6. The molecular formula is C22H18N4O4. The Kier molecular flexibility index (Phi) is 5.21. The number of nitrogens with zero attached hydrogens (tertiary/aromatic N) is 4. The zero-order valence-corrected chi connectivity index (χ0v) is 16.4. The number of methoxy groups -OCH3 is 1. The largest absolute Gasteiger partial charge is 0.465 e. The summed E-state index contributed by atoms with van der Waals surface area (Å²) in [5, 5.41) is 4.89. The summed E-state index contributed by atoms with van der Waals surface area (Å²) in [5.74, 6) is -1.04. The summed E-state index contributed by atoms with van der Waals surface area (Å²) in [5.41, 5.74) is 3.25. The number of rotatable bonds is 5. The van der Waals surface area contributed by atoms with Crippen LogP contribution in [0.1, 0.15) is 32.0 Å². The molecular weight excluding hydrogens is 384 g/mol. The number of fused-ring (bicyclic) bond motifs is 1. The van der Waals surface area contributed by atoms with Crippen molar-refractivity contribution in [1.29, 1.82) is 0 Å². The lowest BCUT2D eigenvalue weighted by Crippen LogP contribution is -2.14. The van der Waals surface area contributed by atoms with Gasteiger partial charge in [0.1, 0.15) is 19.3 Å². The molecule has 0 unspecified atom stereocenters. The Morgan fingerprint density at radius 2 is 1.80 bits per heavy atom. The highest BCUT2D eigenvalue weighted by Gasteiger charge is 2.20. The predicted molar refractivity (Wildman–Crippen MR) is 108 cm³/mol. The van der Waals surface area contributed by atoms with E-state index < -0.39 is 11.9 Å². The molecule has 0 saturated heterocycles. The molecule has 0 amide bonds. The Balaban J connectivity index is 1.58. The third-order valence-electron chi connectivity index (χ3n) is 4.74. The second-order valence-corrected chi connectivity index (χ2v) is 6.53. The smallest absolute Gasteiger partial charge is 0.340 e. The van der Waals surface area contributed by atoms with Crippen LogP contribution < -0.4 is 0 Å². The maximum atomic E-state index is 12.5. The molecule has 2 aromatic carbocycles. The fraction of sp³-hybridized carbons (Fsp3) is 0.136. The number of pyridine rings is 1. The van der Waals surface area contributed by atoms with Gasteiger partial charge < -0.3 is 9.47 Å². The highest BCUT2D eigenvalue weighted by Crippen LogP contribution is 2.24. The van der Waals surface area contributed by atoms with E-state index in [-0.39, 0.29) is 6.61 Å². The topological polar surface area (TPSA) is 96.2 Å². The molecule has 150 valence electrons. The maximum absolute atomic E-state index is 12.5. The van der Waals surface area contributed by atoms with Gasteiger partial charge in [0.2, 0.25) is 0 Å². The SMILES string of the molecule is COC(=O)c1c(COC(=O)c2ccc(-n3cncn3)cc2)nc2ccccc2c1C. The van der Waals surface area contributed by atoms with Gasteiger partial charge in [-0.2, -0.15) is 5.10 Å². The maximum Gasteiger partial charge on any atom is 0.340 e. The van der Waals surface area contributed by atoms with Crippen molar-refractivity contribution in [1.82, 2.24) is 19.7 Å². The summed E-state index contributed by atoms with van der Waals surface area (Å²) in [7, 11) is 1.31. The molecule has 4 aromatic rings. The van der Waals surface area contributed by atoms with E-state index in [1.165, 1.54) is 13.4 Å². The number of para-hydroxylation sites is 1. The van der Waals surface area contributed by atoms with Gasteiger partial charge in [0, 0.05) is 5.39 Å². The van der Waals surface area contributed by atoms with Crippen LogP contribution in [0.25, 0.3) is 16.6 Å². The fourth-order valence-corrected chi connectivity index (χ4v) is 3.23. The summed E-state index contributed by atoms with van der Waals surface area (Å²) < 4.78 is 11.9. The van der Waals surface area contributed by atoms with Crippen molar-refractivity contribution >= 4 is 22.8 Å². The van der Waals surface area contributed by atoms with Crippen molar-refractivity contribution < 1.29 is 19.1 Å². The lowest BCUT2D eigenvalue weighted by atomic mass is 10.0. The van der Waals surface area contributed by atoms with Gasteiger partial charge in [0.05, 0.1) is 35.1 Å². The van der Waals surface area contributed by atoms with E-state index >= 15 is 0 Å². The van der Waals surface area contributed by atoms with Crippen LogP contribution in [0.3, 0.4) is 0 Å². The van der Waals surface area contributed by atoms with Crippen molar-refractivity contribution in [3.05, 3.63) is 83.6 Å². The van der Waals surface area contributed by atoms with Gasteiger partial charge in [-0.3, -0.25) is 0 Å². The first kappa shape index (κ1) is 19.3. The monoisotopic (exact) mass is 402 g/mol. The molecule has 0 N–H and O–H groups in total. The van der Waals surface area contributed by atoms with Gasteiger partial charge in [-0.25, -0.2) is 24.2 Å². The third kappa shape index (κ3) is 3.62. The molecule has 0 spiro atoms. The molecule has 2 aromatic heterocycles. The quantitative estimate of drug-likeness (QED) is 0.473. The number of esters is 2. The third-order valence-corrected chi connectivity index (χ3v) is 4.74. The van der Waals surface area contributed by atoms with E-state index in [1.54, 1.807) is 35.3 Å². The Labute approximate surface area is 172 Å². The molecule has 2 heterocycles. The molecule has 0 aliphatic rings. The molecule has 4 rings (SSSR count). The predicted octanol–water partition coefficient (Wildman–Crippen LogP) is 3.27. The summed E-state index contributed by atoms with van der Waals surface area (Å²) in [6, 6.07) is 14.2. The summed E-state index contributed by atoms with van der Waals surface area (Å²) >= 11 is 0. The highest BCUT2D eigenvalue weighted by atomic mass is 16.5. The number of aromatic nitrogens is 4. The van der Waals surface area contributed by atoms with Crippen LogP contribution in [0.15, 0.2) is 61.2 Å². The van der Waals surface area contributed by atoms with Gasteiger partial charge in [-0.1, -0.05) is 18.2 Å². The van der Waals surface area contributed by atoms with Gasteiger partial charge in [-0.05, 0) is 42.8 Å². The second-order valence-electron chi connectivity index (χ2n) is 6.53. The molecule has 0 radical (unpaired) electrons. The first-order valence-corrected chi connectivity index (χ1v) is 9.17. The molecule has 0 atom stereocenters. The van der Waals surface area contributed by atoms with Crippen LogP contribution in [-0.2, 0) is 16.1 Å². The number of carbonyl (C=O) groups is 2. The van der Waals surface area contributed by atoms with E-state index in [2.05, 4.69) is 15.1 Å². The van der Waals surface area contributed by atoms with E-state index in [9.17, 15) is 9.59 Å². The number of benzene rings is 2. The van der Waals surface area contributed by atoms with Crippen LogP contribution in [-0.4, -0.2) is 38.8 Å². The van der Waals surface area contributed by atoms with Gasteiger partial charge in [0.15, 0.2) is 0 Å². The number of hydrogen-bond donors (Lipinski definition) is 0. The first-order valence-electron chi connectivity index (χ1n) is 9.17. The lowest BCUT2D eigenvalue weighted by Gasteiger charge is -2.13. The molecule has 0 bridgehead atoms. The normalized spacial score (nSPS) is 10.7. The summed E-state index contributed by atoms with van der Waals surface area (Å²) in [6.45, 7) is 1.67. The molecule has 8 heteroatoms. The number of ether oxygens (including phenoxy) is 2. The van der Waals surface area contributed by atoms with Crippen LogP contribution in [0, 0.1) is 6.92 Å². The minimum Gasteiger partial charge on any atom is -0.465 e. The average molecular weight is 402 g/mol. The summed E-state index contributed by atoms with van der Waals surface area (Å²) in [6.07, 6.45) is 3.00. The second kappa shape index (κ2) is 8.12. The van der Waals surface area contributed by atoms with E-state index in [0.717, 1.165) is 16.6 Å².